The normalized spacial score (nSPS) is 24.6. The van der Waals surface area contributed by atoms with Gasteiger partial charge in [-0.15, -0.1) is 0 Å². The quantitative estimate of drug-likeness (QED) is 0.905. The highest BCUT2D eigenvalue weighted by Gasteiger charge is 2.41. The first-order valence-corrected chi connectivity index (χ1v) is 8.08. The molecular weight excluding hydrogens is 321 g/mol. The molecule has 2 aromatic heterocycles. The second-order valence-electron chi connectivity index (χ2n) is 6.87. The van der Waals surface area contributed by atoms with Gasteiger partial charge in [0.05, 0.1) is 5.39 Å². The minimum atomic E-state index is -4.31. The van der Waals surface area contributed by atoms with Gasteiger partial charge in [-0.05, 0) is 26.3 Å². The van der Waals surface area contributed by atoms with Crippen LogP contribution < -0.4 is 10.2 Å². The van der Waals surface area contributed by atoms with E-state index in [0.29, 0.717) is 22.7 Å². The van der Waals surface area contributed by atoms with Crippen LogP contribution in [0.2, 0.25) is 0 Å². The molecule has 6 nitrogen and oxygen atoms in total. The van der Waals surface area contributed by atoms with E-state index in [1.807, 2.05) is 0 Å². The molecule has 0 aromatic carbocycles. The highest BCUT2D eigenvalue weighted by molar-refractivity contribution is 5.86. The molecule has 24 heavy (non-hydrogen) atoms. The van der Waals surface area contributed by atoms with Gasteiger partial charge >= 0.3 is 6.18 Å². The van der Waals surface area contributed by atoms with Gasteiger partial charge in [-0.1, -0.05) is 0 Å². The van der Waals surface area contributed by atoms with Crippen LogP contribution in [0.4, 0.5) is 19.0 Å². The van der Waals surface area contributed by atoms with Crippen molar-refractivity contribution in [2.75, 3.05) is 31.1 Å². The number of hydrogen-bond acceptors (Lipinski definition) is 5. The Labute approximate surface area is 137 Å². The molecule has 0 aliphatic carbocycles. The van der Waals surface area contributed by atoms with Crippen LogP contribution in [-0.4, -0.2) is 52.1 Å². The SMILES string of the molecule is Cc1nc(N2CCC3(CCNC3)C2)c2cn(CC(F)(F)F)nc2n1. The average Bonchev–Trinajstić information content (AvgIpc) is 3.17. The smallest absolute Gasteiger partial charge is 0.355 e. The number of anilines is 1. The van der Waals surface area contributed by atoms with Crippen molar-refractivity contribution in [2.45, 2.75) is 32.5 Å². The van der Waals surface area contributed by atoms with E-state index in [0.717, 1.165) is 43.7 Å². The third-order valence-electron chi connectivity index (χ3n) is 4.93. The molecule has 4 heterocycles. The number of alkyl halides is 3. The van der Waals surface area contributed by atoms with Gasteiger partial charge in [0.1, 0.15) is 18.2 Å². The molecule has 0 saturated carbocycles. The molecular formula is C15H19F3N6. The van der Waals surface area contributed by atoms with Crippen LogP contribution in [0.5, 0.6) is 0 Å². The van der Waals surface area contributed by atoms with Crippen LogP contribution in [0.25, 0.3) is 11.0 Å². The zero-order valence-electron chi connectivity index (χ0n) is 13.4. The first kappa shape index (κ1) is 15.6. The Balaban J connectivity index is 1.69. The molecule has 1 N–H and O–H groups in total. The number of nitrogens with zero attached hydrogens (tertiary/aromatic N) is 5. The van der Waals surface area contributed by atoms with Gasteiger partial charge in [0.25, 0.3) is 0 Å². The Morgan fingerprint density at radius 1 is 1.29 bits per heavy atom. The number of halogens is 3. The summed E-state index contributed by atoms with van der Waals surface area (Å²) in [6.45, 7) is 4.37. The number of hydrogen-bond donors (Lipinski definition) is 1. The molecule has 0 radical (unpaired) electrons. The lowest BCUT2D eigenvalue weighted by Gasteiger charge is -2.23. The topological polar surface area (TPSA) is 58.9 Å². The van der Waals surface area contributed by atoms with Gasteiger partial charge in [-0.3, -0.25) is 4.68 Å². The van der Waals surface area contributed by atoms with Gasteiger partial charge in [0.15, 0.2) is 5.65 Å². The van der Waals surface area contributed by atoms with E-state index in [1.165, 1.54) is 6.20 Å². The summed E-state index contributed by atoms with van der Waals surface area (Å²) in [5.74, 6) is 1.23. The standard InChI is InChI=1S/C15H19F3N6/c1-10-20-12-11(6-24(22-12)9-15(16,17)18)13(21-10)23-5-3-14(8-23)2-4-19-7-14/h6,19H,2-5,7-9H2,1H3. The molecule has 2 saturated heterocycles. The fourth-order valence-corrected chi connectivity index (χ4v) is 3.81. The van der Waals surface area contributed by atoms with Gasteiger partial charge in [-0.2, -0.15) is 18.3 Å². The van der Waals surface area contributed by atoms with Gasteiger partial charge < -0.3 is 10.2 Å². The average molecular weight is 340 g/mol. The summed E-state index contributed by atoms with van der Waals surface area (Å²) in [5.41, 5.74) is 0.583. The van der Waals surface area contributed by atoms with Crippen molar-refractivity contribution in [1.82, 2.24) is 25.1 Å². The first-order chi connectivity index (χ1) is 11.3. The van der Waals surface area contributed by atoms with Crippen molar-refractivity contribution >= 4 is 16.9 Å². The fraction of sp³-hybridized carbons (Fsp3) is 0.667. The Hall–Kier alpha value is -1.90. The molecule has 4 rings (SSSR count). The van der Waals surface area contributed by atoms with Gasteiger partial charge in [-0.25, -0.2) is 9.97 Å². The fourth-order valence-electron chi connectivity index (χ4n) is 3.81. The van der Waals surface area contributed by atoms with Crippen molar-refractivity contribution in [2.24, 2.45) is 5.41 Å². The molecule has 2 fully saturated rings. The molecule has 1 spiro atoms. The van der Waals surface area contributed by atoms with E-state index in [2.05, 4.69) is 25.3 Å². The van der Waals surface area contributed by atoms with Gasteiger partial charge in [0, 0.05) is 31.2 Å². The summed E-state index contributed by atoms with van der Waals surface area (Å²) in [7, 11) is 0. The van der Waals surface area contributed by atoms with Crippen LogP contribution in [0, 0.1) is 12.3 Å². The monoisotopic (exact) mass is 340 g/mol. The third kappa shape index (κ3) is 2.81. The molecule has 9 heteroatoms. The summed E-state index contributed by atoms with van der Waals surface area (Å²) >= 11 is 0. The van der Waals surface area contributed by atoms with Crippen LogP contribution in [0.15, 0.2) is 6.20 Å². The third-order valence-corrected chi connectivity index (χ3v) is 4.93. The Kier molecular flexibility index (Phi) is 3.45. The maximum absolute atomic E-state index is 12.6. The molecule has 2 aliphatic heterocycles. The predicted molar refractivity (Wildman–Crippen MR) is 82.9 cm³/mol. The van der Waals surface area contributed by atoms with Crippen LogP contribution in [-0.2, 0) is 6.54 Å². The minimum Gasteiger partial charge on any atom is -0.355 e. The van der Waals surface area contributed by atoms with Crippen molar-refractivity contribution in [3.63, 3.8) is 0 Å². The van der Waals surface area contributed by atoms with Crippen molar-refractivity contribution in [1.29, 1.82) is 0 Å². The van der Waals surface area contributed by atoms with E-state index >= 15 is 0 Å². The summed E-state index contributed by atoms with van der Waals surface area (Å²) < 4.78 is 38.8. The maximum Gasteiger partial charge on any atom is 0.408 e. The van der Waals surface area contributed by atoms with Crippen molar-refractivity contribution in [3.8, 4) is 0 Å². The number of nitrogens with one attached hydrogen (secondary N) is 1. The van der Waals surface area contributed by atoms with E-state index in [-0.39, 0.29) is 5.41 Å². The molecule has 0 bridgehead atoms. The molecule has 2 aromatic rings. The number of aryl methyl sites for hydroxylation is 1. The highest BCUT2D eigenvalue weighted by atomic mass is 19.4. The molecule has 0 amide bonds. The van der Waals surface area contributed by atoms with E-state index in [4.69, 9.17) is 0 Å². The maximum atomic E-state index is 12.6. The van der Waals surface area contributed by atoms with Crippen LogP contribution in [0.3, 0.4) is 0 Å². The predicted octanol–water partition coefficient (Wildman–Crippen LogP) is 1.89. The largest absolute Gasteiger partial charge is 0.408 e. The van der Waals surface area contributed by atoms with E-state index < -0.39 is 12.7 Å². The molecule has 2 aliphatic rings. The summed E-state index contributed by atoms with van der Waals surface area (Å²) in [6, 6.07) is 0. The minimum absolute atomic E-state index is 0.257. The van der Waals surface area contributed by atoms with Crippen molar-refractivity contribution < 1.29 is 13.2 Å². The number of aromatic nitrogens is 4. The zero-order chi connectivity index (χ0) is 16.9. The van der Waals surface area contributed by atoms with Crippen LogP contribution in [0.1, 0.15) is 18.7 Å². The summed E-state index contributed by atoms with van der Waals surface area (Å²) in [4.78, 5) is 10.9. The van der Waals surface area contributed by atoms with Gasteiger partial charge in [0.2, 0.25) is 0 Å². The number of fused-ring (bicyclic) bond motifs is 1. The summed E-state index contributed by atoms with van der Waals surface area (Å²) in [6.07, 6.45) is -0.696. The lowest BCUT2D eigenvalue weighted by Crippen LogP contribution is -2.29. The lowest BCUT2D eigenvalue weighted by atomic mass is 9.87. The van der Waals surface area contributed by atoms with Crippen LogP contribution >= 0.6 is 0 Å². The van der Waals surface area contributed by atoms with Crippen molar-refractivity contribution in [3.05, 3.63) is 12.0 Å². The van der Waals surface area contributed by atoms with E-state index in [1.54, 1.807) is 6.92 Å². The second kappa shape index (κ2) is 5.30. The molecule has 1 atom stereocenters. The summed E-state index contributed by atoms with van der Waals surface area (Å²) in [5, 5.41) is 7.98. The highest BCUT2D eigenvalue weighted by Crippen LogP contribution is 2.39. The Morgan fingerprint density at radius 3 is 2.83 bits per heavy atom. The molecule has 130 valence electrons. The Bertz CT molecular complexity index is 762. The molecule has 1 unspecified atom stereocenters. The first-order valence-electron chi connectivity index (χ1n) is 8.08. The second-order valence-corrected chi connectivity index (χ2v) is 6.87. The zero-order valence-corrected chi connectivity index (χ0v) is 13.4. The van der Waals surface area contributed by atoms with E-state index in [9.17, 15) is 13.2 Å². The number of rotatable bonds is 2. The Morgan fingerprint density at radius 2 is 2.12 bits per heavy atom. The lowest BCUT2D eigenvalue weighted by molar-refractivity contribution is -0.142.